The van der Waals surface area contributed by atoms with E-state index in [2.05, 4.69) is 20.9 Å². The van der Waals surface area contributed by atoms with E-state index in [9.17, 15) is 4.79 Å². The van der Waals surface area contributed by atoms with Crippen LogP contribution in [0.25, 0.3) is 0 Å². The smallest absolute Gasteiger partial charge is 0.318 e. The van der Waals surface area contributed by atoms with Crippen molar-refractivity contribution in [2.75, 3.05) is 6.54 Å². The first-order chi connectivity index (χ1) is 10.7. The van der Waals surface area contributed by atoms with Crippen LogP contribution in [0.15, 0.2) is 42.7 Å². The van der Waals surface area contributed by atoms with Gasteiger partial charge in [-0.15, -0.1) is 0 Å². The molecule has 0 spiro atoms. The number of amides is 2. The lowest BCUT2D eigenvalue weighted by Gasteiger charge is -2.27. The van der Waals surface area contributed by atoms with E-state index in [1.54, 1.807) is 6.20 Å². The normalized spacial score (nSPS) is 19.2. The van der Waals surface area contributed by atoms with Gasteiger partial charge in [0, 0.05) is 31.7 Å². The van der Waals surface area contributed by atoms with Crippen LogP contribution in [0, 0.1) is 0 Å². The lowest BCUT2D eigenvalue weighted by molar-refractivity contribution is 0.188. The van der Waals surface area contributed by atoms with Crippen LogP contribution in [-0.4, -0.2) is 27.0 Å². The summed E-state index contributed by atoms with van der Waals surface area (Å²) in [6.45, 7) is 2.77. The Morgan fingerprint density at radius 1 is 1.36 bits per heavy atom. The Hall–Kier alpha value is -2.30. The third kappa shape index (κ3) is 2.84. The molecule has 1 aliphatic heterocycles. The van der Waals surface area contributed by atoms with Gasteiger partial charge in [0.25, 0.3) is 0 Å². The molecule has 2 aromatic rings. The minimum atomic E-state index is -0.0941. The summed E-state index contributed by atoms with van der Waals surface area (Å²) >= 11 is 0. The van der Waals surface area contributed by atoms with Crippen molar-refractivity contribution in [2.24, 2.45) is 7.05 Å². The predicted molar refractivity (Wildman–Crippen MR) is 85.3 cm³/mol. The maximum absolute atomic E-state index is 12.6. The second kappa shape index (κ2) is 6.22. The third-order valence-electron chi connectivity index (χ3n) is 4.31. The van der Waals surface area contributed by atoms with E-state index in [4.69, 9.17) is 0 Å². The topological polar surface area (TPSA) is 50.2 Å². The first kappa shape index (κ1) is 14.6. The minimum Gasteiger partial charge on any atom is -0.353 e. The molecule has 0 bridgehead atoms. The molecule has 2 aromatic heterocycles. The first-order valence-corrected chi connectivity index (χ1v) is 7.76. The number of nitrogens with zero attached hydrogens (tertiary/aromatic N) is 3. The molecule has 2 amide bonds. The van der Waals surface area contributed by atoms with Crippen molar-refractivity contribution < 1.29 is 4.79 Å². The first-order valence-electron chi connectivity index (χ1n) is 7.76. The van der Waals surface area contributed by atoms with Crippen molar-refractivity contribution in [1.29, 1.82) is 0 Å². The Morgan fingerprint density at radius 2 is 2.23 bits per heavy atom. The molecule has 1 saturated heterocycles. The fourth-order valence-corrected chi connectivity index (χ4v) is 3.11. The highest BCUT2D eigenvalue weighted by Gasteiger charge is 2.31. The fraction of sp³-hybridized carbons (Fsp3) is 0.412. The van der Waals surface area contributed by atoms with Gasteiger partial charge in [0.2, 0.25) is 0 Å². The molecule has 5 nitrogen and oxygen atoms in total. The molecule has 0 aromatic carbocycles. The summed E-state index contributed by atoms with van der Waals surface area (Å²) in [6.07, 6.45) is 5.84. The summed E-state index contributed by atoms with van der Waals surface area (Å²) in [4.78, 5) is 18.9. The van der Waals surface area contributed by atoms with Gasteiger partial charge in [0.05, 0.1) is 17.8 Å². The minimum absolute atomic E-state index is 0.0122. The lowest BCUT2D eigenvalue weighted by atomic mass is 10.1. The van der Waals surface area contributed by atoms with Crippen LogP contribution in [0.1, 0.15) is 43.2 Å². The maximum atomic E-state index is 12.6. The molecule has 1 aliphatic rings. The fourth-order valence-electron chi connectivity index (χ4n) is 3.11. The predicted octanol–water partition coefficient (Wildman–Crippen LogP) is 3.03. The van der Waals surface area contributed by atoms with Gasteiger partial charge in [0.1, 0.15) is 0 Å². The summed E-state index contributed by atoms with van der Waals surface area (Å²) in [7, 11) is 2.03. The zero-order valence-corrected chi connectivity index (χ0v) is 13.1. The highest BCUT2D eigenvalue weighted by Crippen LogP contribution is 2.32. The molecule has 2 atom stereocenters. The number of aromatic nitrogens is 2. The molecule has 22 heavy (non-hydrogen) atoms. The summed E-state index contributed by atoms with van der Waals surface area (Å²) < 4.78 is 2.10. The summed E-state index contributed by atoms with van der Waals surface area (Å²) in [5.74, 6) is 0. The molecule has 5 heteroatoms. The number of nitrogens with one attached hydrogen (secondary N) is 1. The van der Waals surface area contributed by atoms with Crippen molar-refractivity contribution in [3.63, 3.8) is 0 Å². The maximum Gasteiger partial charge on any atom is 0.318 e. The number of likely N-dealkylation sites (tertiary alicyclic amines) is 1. The number of aryl methyl sites for hydroxylation is 1. The number of carbonyl (C=O) groups excluding carboxylic acids is 1. The number of rotatable bonds is 3. The molecule has 0 unspecified atom stereocenters. The Labute approximate surface area is 131 Å². The molecule has 3 rings (SSSR count). The number of hydrogen-bond donors (Lipinski definition) is 1. The van der Waals surface area contributed by atoms with Crippen LogP contribution in [0.2, 0.25) is 0 Å². The van der Waals surface area contributed by atoms with Crippen LogP contribution < -0.4 is 5.32 Å². The highest BCUT2D eigenvalue weighted by molar-refractivity contribution is 5.75. The van der Waals surface area contributed by atoms with E-state index in [0.29, 0.717) is 0 Å². The number of pyridine rings is 1. The Balaban J connectivity index is 1.70. The standard InChI is InChI=1S/C17H22N4O/c1-13(14-7-3-4-10-18-14)19-17(22)21-12-6-9-16(21)15-8-5-11-20(15)2/h3-5,7-8,10-11,13,16H,6,9,12H2,1-2H3,(H,19,22)/t13-,16-/m0/s1. The van der Waals surface area contributed by atoms with Crippen LogP contribution in [0.5, 0.6) is 0 Å². The van der Waals surface area contributed by atoms with Crippen molar-refractivity contribution in [3.8, 4) is 0 Å². The second-order valence-corrected chi connectivity index (χ2v) is 5.82. The van der Waals surface area contributed by atoms with Gasteiger partial charge in [-0.25, -0.2) is 4.79 Å². The number of carbonyl (C=O) groups is 1. The van der Waals surface area contributed by atoms with Crippen molar-refractivity contribution >= 4 is 6.03 Å². The molecule has 0 radical (unpaired) electrons. The van der Waals surface area contributed by atoms with Crippen molar-refractivity contribution in [2.45, 2.75) is 31.8 Å². The summed E-state index contributed by atoms with van der Waals surface area (Å²) in [5.41, 5.74) is 2.07. The Bertz CT molecular complexity index is 637. The summed E-state index contributed by atoms with van der Waals surface area (Å²) in [5, 5.41) is 3.06. The van der Waals surface area contributed by atoms with E-state index in [1.165, 1.54) is 5.69 Å². The van der Waals surface area contributed by atoms with Gasteiger partial charge >= 0.3 is 6.03 Å². The van der Waals surface area contributed by atoms with Crippen LogP contribution >= 0.6 is 0 Å². The van der Waals surface area contributed by atoms with E-state index in [0.717, 1.165) is 25.1 Å². The van der Waals surface area contributed by atoms with Gasteiger partial charge in [-0.2, -0.15) is 0 Å². The second-order valence-electron chi connectivity index (χ2n) is 5.82. The monoisotopic (exact) mass is 298 g/mol. The zero-order chi connectivity index (χ0) is 15.5. The molecule has 0 saturated carbocycles. The summed E-state index contributed by atoms with van der Waals surface area (Å²) in [6, 6.07) is 9.93. The average molecular weight is 298 g/mol. The molecule has 116 valence electrons. The molecule has 0 aliphatic carbocycles. The van der Waals surface area contributed by atoms with Crippen molar-refractivity contribution in [1.82, 2.24) is 19.8 Å². The van der Waals surface area contributed by atoms with E-state index >= 15 is 0 Å². The molecular weight excluding hydrogens is 276 g/mol. The third-order valence-corrected chi connectivity index (χ3v) is 4.31. The van der Waals surface area contributed by atoms with Crippen LogP contribution in [0.3, 0.4) is 0 Å². The van der Waals surface area contributed by atoms with E-state index in [-0.39, 0.29) is 18.1 Å². The molecule has 1 N–H and O–H groups in total. The zero-order valence-electron chi connectivity index (χ0n) is 13.1. The van der Waals surface area contributed by atoms with Gasteiger partial charge in [-0.05, 0) is 44.0 Å². The largest absolute Gasteiger partial charge is 0.353 e. The van der Waals surface area contributed by atoms with Crippen LogP contribution in [-0.2, 0) is 7.05 Å². The SMILES string of the molecule is C[C@H](NC(=O)N1CCC[C@H]1c1cccn1C)c1ccccn1. The average Bonchev–Trinajstić information content (AvgIpc) is 3.16. The number of urea groups is 1. The Morgan fingerprint density at radius 3 is 2.91 bits per heavy atom. The van der Waals surface area contributed by atoms with Crippen LogP contribution in [0.4, 0.5) is 4.79 Å². The number of hydrogen-bond acceptors (Lipinski definition) is 2. The highest BCUT2D eigenvalue weighted by atomic mass is 16.2. The van der Waals surface area contributed by atoms with Gasteiger partial charge < -0.3 is 14.8 Å². The van der Waals surface area contributed by atoms with E-state index < -0.39 is 0 Å². The van der Waals surface area contributed by atoms with Gasteiger partial charge in [0.15, 0.2) is 0 Å². The molecular formula is C17H22N4O. The quantitative estimate of drug-likeness (QED) is 0.947. The Kier molecular flexibility index (Phi) is 4.13. The molecule has 1 fully saturated rings. The van der Waals surface area contributed by atoms with Gasteiger partial charge in [-0.1, -0.05) is 6.07 Å². The lowest BCUT2D eigenvalue weighted by Crippen LogP contribution is -2.41. The van der Waals surface area contributed by atoms with E-state index in [1.807, 2.05) is 49.3 Å². The van der Waals surface area contributed by atoms with Crippen molar-refractivity contribution in [3.05, 3.63) is 54.1 Å². The molecule has 3 heterocycles. The van der Waals surface area contributed by atoms with Gasteiger partial charge in [-0.3, -0.25) is 4.98 Å².